The molecular formula is C26H35FN6O3. The van der Waals surface area contributed by atoms with E-state index in [1.165, 1.54) is 6.07 Å². The summed E-state index contributed by atoms with van der Waals surface area (Å²) in [5.74, 6) is 1.20. The number of fused-ring (bicyclic) bond motifs is 3. The summed E-state index contributed by atoms with van der Waals surface area (Å²) in [5, 5.41) is 0. The van der Waals surface area contributed by atoms with Gasteiger partial charge in [-0.25, -0.2) is 4.39 Å². The number of anilines is 3. The number of benzene rings is 1. The Hall–Kier alpha value is -3.14. The highest BCUT2D eigenvalue weighted by atomic mass is 19.1. The van der Waals surface area contributed by atoms with Crippen LogP contribution in [-0.2, 0) is 16.6 Å². The Morgan fingerprint density at radius 1 is 1.17 bits per heavy atom. The van der Waals surface area contributed by atoms with Gasteiger partial charge < -0.3 is 24.3 Å². The van der Waals surface area contributed by atoms with Gasteiger partial charge in [-0.3, -0.25) is 14.6 Å². The Labute approximate surface area is 210 Å². The number of piperidine rings is 1. The van der Waals surface area contributed by atoms with Gasteiger partial charge in [0.2, 0.25) is 11.9 Å². The first kappa shape index (κ1) is 24.5. The van der Waals surface area contributed by atoms with Crippen molar-refractivity contribution in [2.75, 3.05) is 75.7 Å². The first-order valence-electron chi connectivity index (χ1n) is 12.7. The fraction of sp³-hybridized carbons (Fsp3) is 0.577. The quantitative estimate of drug-likeness (QED) is 0.611. The molecule has 194 valence electrons. The molecule has 1 aromatic carbocycles. The van der Waals surface area contributed by atoms with Crippen molar-refractivity contribution in [2.45, 2.75) is 37.5 Å². The molecule has 1 amide bonds. The fourth-order valence-corrected chi connectivity index (χ4v) is 5.83. The topological polar surface area (TPSA) is 85.0 Å². The molecule has 0 bridgehead atoms. The Kier molecular flexibility index (Phi) is 6.40. The zero-order valence-corrected chi connectivity index (χ0v) is 21.6. The summed E-state index contributed by atoms with van der Waals surface area (Å²) in [6.45, 7) is 3.21. The van der Waals surface area contributed by atoms with Crippen molar-refractivity contribution in [3.63, 3.8) is 0 Å². The van der Waals surface area contributed by atoms with E-state index in [9.17, 15) is 9.59 Å². The third kappa shape index (κ3) is 4.11. The van der Waals surface area contributed by atoms with Gasteiger partial charge in [0.1, 0.15) is 17.4 Å². The van der Waals surface area contributed by atoms with Gasteiger partial charge in [-0.2, -0.15) is 4.98 Å². The SMILES string of the molecule is CN(C)CCCOc1cc(F)c2c(c1)N(C)C(=O)C21CCN(c2nc3c(c(=O)[nH]2)CCCN3C)CC1. The molecule has 0 atom stereocenters. The summed E-state index contributed by atoms with van der Waals surface area (Å²) in [4.78, 5) is 41.5. The molecule has 1 fully saturated rings. The van der Waals surface area contributed by atoms with Gasteiger partial charge in [0.25, 0.3) is 5.56 Å². The zero-order valence-electron chi connectivity index (χ0n) is 21.6. The Balaban J connectivity index is 1.37. The lowest BCUT2D eigenvalue weighted by molar-refractivity contribution is -0.123. The van der Waals surface area contributed by atoms with Crippen molar-refractivity contribution >= 4 is 23.4 Å². The van der Waals surface area contributed by atoms with Crippen LogP contribution in [0.2, 0.25) is 0 Å². The maximum atomic E-state index is 15.5. The average Bonchev–Trinajstić information content (AvgIpc) is 3.05. The maximum Gasteiger partial charge on any atom is 0.257 e. The second-order valence-electron chi connectivity index (χ2n) is 10.5. The van der Waals surface area contributed by atoms with E-state index in [2.05, 4.69) is 9.88 Å². The number of carbonyl (C=O) groups excluding carboxylic acids is 1. The van der Waals surface area contributed by atoms with Gasteiger partial charge in [-0.05, 0) is 46.2 Å². The number of aromatic nitrogens is 2. The van der Waals surface area contributed by atoms with Crippen LogP contribution in [0.5, 0.6) is 5.75 Å². The van der Waals surface area contributed by atoms with Crippen LogP contribution in [0.1, 0.15) is 36.8 Å². The van der Waals surface area contributed by atoms with E-state index >= 15 is 4.39 Å². The van der Waals surface area contributed by atoms with Crippen LogP contribution in [0.3, 0.4) is 0 Å². The van der Waals surface area contributed by atoms with Crippen LogP contribution in [0.25, 0.3) is 0 Å². The fourth-order valence-electron chi connectivity index (χ4n) is 5.83. The third-order valence-electron chi connectivity index (χ3n) is 7.79. The van der Waals surface area contributed by atoms with Crippen LogP contribution in [0.4, 0.5) is 21.8 Å². The number of H-pyrrole nitrogens is 1. The van der Waals surface area contributed by atoms with E-state index in [1.54, 1.807) is 18.0 Å². The van der Waals surface area contributed by atoms with Crippen molar-refractivity contribution in [1.29, 1.82) is 0 Å². The number of nitrogens with zero attached hydrogens (tertiary/aromatic N) is 5. The molecule has 5 rings (SSSR count). The number of nitrogens with one attached hydrogen (secondary N) is 1. The minimum absolute atomic E-state index is 0.0903. The molecule has 10 heteroatoms. The molecule has 2 aromatic rings. The molecule has 4 heterocycles. The lowest BCUT2D eigenvalue weighted by atomic mass is 9.73. The Morgan fingerprint density at radius 3 is 2.64 bits per heavy atom. The molecule has 0 saturated carbocycles. The molecule has 3 aliphatic rings. The predicted molar refractivity (Wildman–Crippen MR) is 138 cm³/mol. The number of amides is 1. The highest BCUT2D eigenvalue weighted by Crippen LogP contribution is 2.50. The van der Waals surface area contributed by atoms with Crippen LogP contribution in [-0.4, -0.2) is 81.8 Å². The highest BCUT2D eigenvalue weighted by Gasteiger charge is 2.53. The number of hydrogen-bond acceptors (Lipinski definition) is 7. The van der Waals surface area contributed by atoms with Crippen LogP contribution < -0.4 is 25.0 Å². The van der Waals surface area contributed by atoms with E-state index in [1.807, 2.05) is 30.9 Å². The average molecular weight is 499 g/mol. The van der Waals surface area contributed by atoms with Crippen LogP contribution in [0, 0.1) is 5.82 Å². The largest absolute Gasteiger partial charge is 0.493 e. The predicted octanol–water partition coefficient (Wildman–Crippen LogP) is 2.14. The van der Waals surface area contributed by atoms with Gasteiger partial charge >= 0.3 is 0 Å². The van der Waals surface area contributed by atoms with Crippen LogP contribution in [0.15, 0.2) is 16.9 Å². The Bertz CT molecular complexity index is 1220. The van der Waals surface area contributed by atoms with E-state index in [0.29, 0.717) is 55.5 Å². The smallest absolute Gasteiger partial charge is 0.257 e. The van der Waals surface area contributed by atoms with E-state index in [0.717, 1.165) is 43.7 Å². The van der Waals surface area contributed by atoms with Crippen molar-refractivity contribution in [2.24, 2.45) is 0 Å². The van der Waals surface area contributed by atoms with Crippen molar-refractivity contribution in [3.8, 4) is 5.75 Å². The summed E-state index contributed by atoms with van der Waals surface area (Å²) >= 11 is 0. The molecule has 1 aromatic heterocycles. The van der Waals surface area contributed by atoms with E-state index < -0.39 is 11.2 Å². The monoisotopic (exact) mass is 498 g/mol. The first-order valence-corrected chi connectivity index (χ1v) is 12.7. The maximum absolute atomic E-state index is 15.5. The third-order valence-corrected chi connectivity index (χ3v) is 7.79. The second-order valence-corrected chi connectivity index (χ2v) is 10.5. The van der Waals surface area contributed by atoms with Crippen molar-refractivity contribution in [3.05, 3.63) is 39.4 Å². The lowest BCUT2D eigenvalue weighted by Gasteiger charge is -2.39. The van der Waals surface area contributed by atoms with Crippen molar-refractivity contribution < 1.29 is 13.9 Å². The Morgan fingerprint density at radius 2 is 1.92 bits per heavy atom. The van der Waals surface area contributed by atoms with Gasteiger partial charge in [-0.15, -0.1) is 0 Å². The number of likely N-dealkylation sites (N-methyl/N-ethyl adjacent to an activating group) is 1. The molecule has 0 radical (unpaired) electrons. The minimum Gasteiger partial charge on any atom is -0.493 e. The number of ether oxygens (including phenoxy) is 1. The molecule has 3 aliphatic heterocycles. The number of aromatic amines is 1. The molecule has 9 nitrogen and oxygen atoms in total. The molecular weight excluding hydrogens is 463 g/mol. The molecule has 1 N–H and O–H groups in total. The summed E-state index contributed by atoms with van der Waals surface area (Å²) in [6.07, 6.45) is 3.38. The highest BCUT2D eigenvalue weighted by molar-refractivity contribution is 6.08. The number of halogens is 1. The van der Waals surface area contributed by atoms with Gasteiger partial charge in [0.05, 0.1) is 23.3 Å². The molecule has 36 heavy (non-hydrogen) atoms. The molecule has 1 spiro atoms. The van der Waals surface area contributed by atoms with Gasteiger partial charge in [0.15, 0.2) is 0 Å². The molecule has 0 aliphatic carbocycles. The molecule has 1 saturated heterocycles. The van der Waals surface area contributed by atoms with E-state index in [-0.39, 0.29) is 11.5 Å². The van der Waals surface area contributed by atoms with Gasteiger partial charge in [0, 0.05) is 58.0 Å². The van der Waals surface area contributed by atoms with Crippen LogP contribution >= 0.6 is 0 Å². The summed E-state index contributed by atoms with van der Waals surface area (Å²) in [7, 11) is 7.65. The van der Waals surface area contributed by atoms with E-state index in [4.69, 9.17) is 9.72 Å². The minimum atomic E-state index is -0.917. The number of hydrogen-bond donors (Lipinski definition) is 1. The zero-order chi connectivity index (χ0) is 25.6. The normalized spacial score (nSPS) is 18.7. The first-order chi connectivity index (χ1) is 17.2. The summed E-state index contributed by atoms with van der Waals surface area (Å²) < 4.78 is 21.3. The summed E-state index contributed by atoms with van der Waals surface area (Å²) in [5.41, 5.74) is 0.747. The summed E-state index contributed by atoms with van der Waals surface area (Å²) in [6, 6.07) is 3.19. The van der Waals surface area contributed by atoms with Crippen molar-refractivity contribution in [1.82, 2.24) is 14.9 Å². The standard InChI is InChI=1S/C26H35FN6O3/c1-30(2)10-6-14-36-17-15-19(27)21-20(16-17)32(4)24(35)26(21)8-12-33(13-9-26)25-28-22-18(23(34)29-25)7-5-11-31(22)3/h15-16H,5-14H2,1-4H3,(H,28,29,34). The molecule has 0 unspecified atom stereocenters. The lowest BCUT2D eigenvalue weighted by Crippen LogP contribution is -2.49. The van der Waals surface area contributed by atoms with Gasteiger partial charge in [-0.1, -0.05) is 0 Å². The second kappa shape index (κ2) is 9.38. The number of carbonyl (C=O) groups is 1. The number of rotatable bonds is 6.